The van der Waals surface area contributed by atoms with Gasteiger partial charge in [-0.25, -0.2) is 14.5 Å². The number of benzene rings is 3. The summed E-state index contributed by atoms with van der Waals surface area (Å²) >= 11 is 3.34. The van der Waals surface area contributed by atoms with Crippen LogP contribution in [-0.4, -0.2) is 21.9 Å². The van der Waals surface area contributed by atoms with Crippen molar-refractivity contribution in [2.75, 3.05) is 0 Å². The zero-order valence-corrected chi connectivity index (χ0v) is 17.3. The number of amides is 1. The van der Waals surface area contributed by atoms with E-state index in [2.05, 4.69) is 31.6 Å². The lowest BCUT2D eigenvalue weighted by Crippen LogP contribution is -2.17. The van der Waals surface area contributed by atoms with Crippen LogP contribution in [0.25, 0.3) is 16.9 Å². The first-order valence-corrected chi connectivity index (χ1v) is 9.89. The summed E-state index contributed by atoms with van der Waals surface area (Å²) in [6.45, 7) is 0. The summed E-state index contributed by atoms with van der Waals surface area (Å²) in [4.78, 5) is 12.3. The molecule has 0 saturated carbocycles. The molecule has 0 bridgehead atoms. The van der Waals surface area contributed by atoms with Crippen molar-refractivity contribution in [1.82, 2.24) is 15.2 Å². The number of para-hydroxylation sites is 1. The zero-order valence-electron chi connectivity index (χ0n) is 15.7. The number of aromatic nitrogens is 2. The third-order valence-corrected chi connectivity index (χ3v) is 4.83. The van der Waals surface area contributed by atoms with E-state index >= 15 is 0 Å². The number of carbonyl (C=O) groups excluding carboxylic acids is 1. The lowest BCUT2D eigenvalue weighted by atomic mass is 10.1. The molecule has 0 radical (unpaired) electrons. The molecule has 0 aliphatic heterocycles. The molecule has 1 aromatic heterocycles. The highest BCUT2D eigenvalue weighted by molar-refractivity contribution is 9.10. The number of hydrogen-bond donors (Lipinski definition) is 1. The fourth-order valence-corrected chi connectivity index (χ4v) is 3.28. The van der Waals surface area contributed by atoms with Gasteiger partial charge in [-0.05, 0) is 54.6 Å². The number of nitrogens with one attached hydrogen (secondary N) is 1. The first-order valence-electron chi connectivity index (χ1n) is 9.10. The van der Waals surface area contributed by atoms with Gasteiger partial charge in [-0.15, -0.1) is 0 Å². The van der Waals surface area contributed by atoms with Gasteiger partial charge in [0.05, 0.1) is 11.9 Å². The normalized spacial score (nSPS) is 11.0. The second kappa shape index (κ2) is 8.84. The Labute approximate surface area is 181 Å². The van der Waals surface area contributed by atoms with Crippen molar-refractivity contribution >= 4 is 28.1 Å². The summed E-state index contributed by atoms with van der Waals surface area (Å²) < 4.78 is 15.9. The van der Waals surface area contributed by atoms with E-state index in [0.29, 0.717) is 16.8 Å². The predicted molar refractivity (Wildman–Crippen MR) is 118 cm³/mol. The number of hydrazone groups is 1. The maximum absolute atomic E-state index is 13.4. The van der Waals surface area contributed by atoms with Gasteiger partial charge in [-0.2, -0.15) is 10.2 Å². The highest BCUT2D eigenvalue weighted by Crippen LogP contribution is 2.23. The molecule has 4 aromatic rings. The van der Waals surface area contributed by atoms with E-state index in [1.807, 2.05) is 42.6 Å². The molecule has 5 nitrogen and oxygen atoms in total. The number of carbonyl (C=O) groups is 1. The SMILES string of the molecule is O=C(N/N=C/c1cn(-c2ccccc2)nc1-c1ccc(F)cc1)c1cccc(Br)c1. The van der Waals surface area contributed by atoms with Crippen LogP contribution in [0.4, 0.5) is 4.39 Å². The minimum absolute atomic E-state index is 0.322. The van der Waals surface area contributed by atoms with Crippen molar-refractivity contribution in [2.24, 2.45) is 5.10 Å². The number of nitrogens with zero attached hydrogens (tertiary/aromatic N) is 3. The van der Waals surface area contributed by atoms with Crippen LogP contribution in [0.5, 0.6) is 0 Å². The van der Waals surface area contributed by atoms with Gasteiger partial charge in [-0.3, -0.25) is 4.79 Å². The van der Waals surface area contributed by atoms with Crippen LogP contribution in [0, 0.1) is 5.82 Å². The van der Waals surface area contributed by atoms with Crippen molar-refractivity contribution in [3.63, 3.8) is 0 Å². The van der Waals surface area contributed by atoms with Crippen LogP contribution in [-0.2, 0) is 0 Å². The van der Waals surface area contributed by atoms with E-state index in [0.717, 1.165) is 15.7 Å². The van der Waals surface area contributed by atoms with Gasteiger partial charge < -0.3 is 0 Å². The number of halogens is 2. The van der Waals surface area contributed by atoms with E-state index in [9.17, 15) is 9.18 Å². The second-order valence-corrected chi connectivity index (χ2v) is 7.35. The van der Waals surface area contributed by atoms with E-state index in [1.54, 1.807) is 35.0 Å². The molecule has 1 amide bonds. The van der Waals surface area contributed by atoms with Gasteiger partial charge in [0.15, 0.2) is 0 Å². The largest absolute Gasteiger partial charge is 0.271 e. The maximum atomic E-state index is 13.4. The van der Waals surface area contributed by atoms with Gasteiger partial charge in [0.1, 0.15) is 11.5 Å². The summed E-state index contributed by atoms with van der Waals surface area (Å²) in [6, 6.07) is 22.7. The van der Waals surface area contributed by atoms with Crippen LogP contribution in [0.3, 0.4) is 0 Å². The quantitative estimate of drug-likeness (QED) is 0.327. The Morgan fingerprint density at radius 2 is 1.80 bits per heavy atom. The zero-order chi connectivity index (χ0) is 20.9. The fourth-order valence-electron chi connectivity index (χ4n) is 2.88. The van der Waals surface area contributed by atoms with Crippen LogP contribution in [0.1, 0.15) is 15.9 Å². The third kappa shape index (κ3) is 4.52. The third-order valence-electron chi connectivity index (χ3n) is 4.34. The minimum atomic E-state index is -0.327. The average Bonchev–Trinajstić information content (AvgIpc) is 3.19. The van der Waals surface area contributed by atoms with Gasteiger partial charge in [0.25, 0.3) is 5.91 Å². The Morgan fingerprint density at radius 3 is 2.53 bits per heavy atom. The van der Waals surface area contributed by atoms with E-state index in [4.69, 9.17) is 0 Å². The van der Waals surface area contributed by atoms with Crippen molar-refractivity contribution in [1.29, 1.82) is 0 Å². The smallest absolute Gasteiger partial charge is 0.267 e. The molecule has 148 valence electrons. The molecule has 30 heavy (non-hydrogen) atoms. The first-order chi connectivity index (χ1) is 14.6. The summed E-state index contributed by atoms with van der Waals surface area (Å²) in [5, 5.41) is 8.72. The number of rotatable bonds is 5. The van der Waals surface area contributed by atoms with Crippen molar-refractivity contribution in [3.8, 4) is 16.9 Å². The molecule has 0 aliphatic carbocycles. The first kappa shape index (κ1) is 19.7. The fraction of sp³-hybridized carbons (Fsp3) is 0. The van der Waals surface area contributed by atoms with Gasteiger partial charge in [0, 0.05) is 27.4 Å². The number of hydrogen-bond acceptors (Lipinski definition) is 3. The molecular weight excluding hydrogens is 447 g/mol. The molecule has 0 spiro atoms. The van der Waals surface area contributed by atoms with Gasteiger partial charge in [-0.1, -0.05) is 40.2 Å². The Balaban J connectivity index is 1.64. The molecule has 7 heteroatoms. The monoisotopic (exact) mass is 462 g/mol. The van der Waals surface area contributed by atoms with Gasteiger partial charge >= 0.3 is 0 Å². The Hall–Kier alpha value is -3.58. The highest BCUT2D eigenvalue weighted by Gasteiger charge is 2.12. The lowest BCUT2D eigenvalue weighted by molar-refractivity contribution is 0.0955. The van der Waals surface area contributed by atoms with Crippen molar-refractivity contribution in [3.05, 3.63) is 106 Å². The molecule has 3 aromatic carbocycles. The van der Waals surface area contributed by atoms with Crippen LogP contribution in [0.15, 0.2) is 94.6 Å². The molecule has 1 heterocycles. The standard InChI is InChI=1S/C23H16BrFN4O/c24-19-6-4-5-17(13-19)23(30)27-26-14-18-15-29(21-7-2-1-3-8-21)28-22(18)16-9-11-20(25)12-10-16/h1-15H,(H,27,30)/b26-14+. The molecule has 1 N–H and O–H groups in total. The van der Waals surface area contributed by atoms with Crippen molar-refractivity contribution < 1.29 is 9.18 Å². The summed E-state index contributed by atoms with van der Waals surface area (Å²) in [7, 11) is 0. The Morgan fingerprint density at radius 1 is 1.03 bits per heavy atom. The summed E-state index contributed by atoms with van der Waals surface area (Å²) in [5.41, 5.74) is 5.93. The molecule has 0 atom stereocenters. The Kier molecular flexibility index (Phi) is 5.81. The summed E-state index contributed by atoms with van der Waals surface area (Å²) in [5.74, 6) is -0.649. The highest BCUT2D eigenvalue weighted by atomic mass is 79.9. The van der Waals surface area contributed by atoms with Crippen LogP contribution < -0.4 is 5.43 Å². The van der Waals surface area contributed by atoms with Crippen LogP contribution >= 0.6 is 15.9 Å². The van der Waals surface area contributed by atoms with E-state index in [-0.39, 0.29) is 11.7 Å². The average molecular weight is 463 g/mol. The topological polar surface area (TPSA) is 59.3 Å². The molecule has 0 saturated heterocycles. The molecular formula is C23H16BrFN4O. The molecule has 0 fully saturated rings. The minimum Gasteiger partial charge on any atom is -0.267 e. The summed E-state index contributed by atoms with van der Waals surface area (Å²) in [6.07, 6.45) is 3.34. The van der Waals surface area contributed by atoms with Crippen molar-refractivity contribution in [2.45, 2.75) is 0 Å². The Bertz CT molecular complexity index is 1200. The van der Waals surface area contributed by atoms with E-state index in [1.165, 1.54) is 18.3 Å². The predicted octanol–water partition coefficient (Wildman–Crippen LogP) is 5.20. The molecule has 4 rings (SSSR count). The van der Waals surface area contributed by atoms with Crippen LogP contribution in [0.2, 0.25) is 0 Å². The van der Waals surface area contributed by atoms with E-state index < -0.39 is 0 Å². The van der Waals surface area contributed by atoms with Gasteiger partial charge in [0.2, 0.25) is 0 Å². The lowest BCUT2D eigenvalue weighted by Gasteiger charge is -2.01. The molecule has 0 aliphatic rings. The second-order valence-electron chi connectivity index (χ2n) is 6.43. The molecule has 0 unspecified atom stereocenters. The maximum Gasteiger partial charge on any atom is 0.271 e.